The molecule has 0 bridgehead atoms. The highest BCUT2D eigenvalue weighted by Gasteiger charge is 2.48. The van der Waals surface area contributed by atoms with Gasteiger partial charge in [0.15, 0.2) is 0 Å². The largest absolute Gasteiger partial charge is 0.460 e. The van der Waals surface area contributed by atoms with Crippen LogP contribution in [-0.4, -0.2) is 34.3 Å². The highest BCUT2D eigenvalue weighted by atomic mass is 16.6. The molecule has 22 heavy (non-hydrogen) atoms. The number of benzene rings is 1. The molecule has 1 aromatic rings. The van der Waals surface area contributed by atoms with Gasteiger partial charge >= 0.3 is 5.97 Å². The molecule has 1 unspecified atom stereocenters. The van der Waals surface area contributed by atoms with E-state index in [2.05, 4.69) is 6.92 Å². The average molecular weight is 305 g/mol. The van der Waals surface area contributed by atoms with Gasteiger partial charge in [-0.15, -0.1) is 0 Å². The maximum atomic E-state index is 12.5. The maximum Gasteiger partial charge on any atom is 0.313 e. The number of likely N-dealkylation sites (tertiary alicyclic amines) is 1. The Morgan fingerprint density at radius 2 is 1.95 bits per heavy atom. The number of hydrogen-bond acceptors (Lipinski definition) is 4. The third kappa shape index (κ3) is 3.68. The second kappa shape index (κ2) is 6.01. The minimum absolute atomic E-state index is 0.0560. The van der Waals surface area contributed by atoms with Gasteiger partial charge in [-0.3, -0.25) is 9.69 Å². The lowest BCUT2D eigenvalue weighted by atomic mass is 9.89. The van der Waals surface area contributed by atoms with Gasteiger partial charge in [0.25, 0.3) is 0 Å². The van der Waals surface area contributed by atoms with Crippen molar-refractivity contribution >= 4 is 5.97 Å². The van der Waals surface area contributed by atoms with Crippen molar-refractivity contribution in [2.75, 3.05) is 6.54 Å². The van der Waals surface area contributed by atoms with Crippen LogP contribution in [0.2, 0.25) is 0 Å². The topological polar surface area (TPSA) is 49.8 Å². The van der Waals surface area contributed by atoms with E-state index in [1.807, 2.05) is 62.9 Å². The van der Waals surface area contributed by atoms with Crippen LogP contribution in [-0.2, 0) is 9.53 Å². The molecule has 1 aromatic carbocycles. The van der Waals surface area contributed by atoms with Crippen molar-refractivity contribution in [1.82, 2.24) is 4.90 Å². The Kier molecular flexibility index (Phi) is 4.64. The van der Waals surface area contributed by atoms with Crippen molar-refractivity contribution in [3.05, 3.63) is 35.9 Å². The van der Waals surface area contributed by atoms with Crippen molar-refractivity contribution in [1.29, 1.82) is 0 Å². The molecule has 4 heteroatoms. The Morgan fingerprint density at radius 1 is 1.36 bits per heavy atom. The van der Waals surface area contributed by atoms with E-state index < -0.39 is 17.2 Å². The lowest BCUT2D eigenvalue weighted by Gasteiger charge is -2.30. The summed E-state index contributed by atoms with van der Waals surface area (Å²) in [6.45, 7) is 10.0. The summed E-state index contributed by atoms with van der Waals surface area (Å²) in [6, 6.07) is 10.1. The molecule has 0 aromatic heterocycles. The van der Waals surface area contributed by atoms with Crippen LogP contribution in [0.4, 0.5) is 0 Å². The lowest BCUT2D eigenvalue weighted by molar-refractivity contribution is -0.166. The molecule has 0 radical (unpaired) electrons. The number of hydrogen-bond donors (Lipinski definition) is 1. The number of esters is 1. The van der Waals surface area contributed by atoms with Crippen molar-refractivity contribution in [3.8, 4) is 0 Å². The van der Waals surface area contributed by atoms with Crippen LogP contribution < -0.4 is 0 Å². The van der Waals surface area contributed by atoms with E-state index in [4.69, 9.17) is 4.74 Å². The third-order valence-electron chi connectivity index (χ3n) is 4.22. The molecule has 1 aliphatic rings. The maximum absolute atomic E-state index is 12.5. The SMILES string of the molecule is C[C@H](c1ccccc1)N1C[C@@](C)(C(=O)OC(C)(C)C)CC1O. The van der Waals surface area contributed by atoms with Gasteiger partial charge in [-0.05, 0) is 40.2 Å². The fourth-order valence-electron chi connectivity index (χ4n) is 2.96. The molecule has 1 fully saturated rings. The number of aliphatic hydroxyl groups is 1. The summed E-state index contributed by atoms with van der Waals surface area (Å²) >= 11 is 0. The van der Waals surface area contributed by atoms with E-state index in [1.165, 1.54) is 0 Å². The van der Waals surface area contributed by atoms with E-state index in [0.717, 1.165) is 5.56 Å². The predicted molar refractivity (Wildman–Crippen MR) is 86.1 cm³/mol. The van der Waals surface area contributed by atoms with Crippen LogP contribution in [0, 0.1) is 5.41 Å². The molecule has 0 aliphatic carbocycles. The summed E-state index contributed by atoms with van der Waals surface area (Å²) in [5.41, 5.74) is -0.0471. The van der Waals surface area contributed by atoms with Gasteiger partial charge in [0.1, 0.15) is 11.8 Å². The minimum Gasteiger partial charge on any atom is -0.460 e. The molecular formula is C18H27NO3. The number of rotatable bonds is 3. The Labute approximate surface area is 133 Å². The van der Waals surface area contributed by atoms with Gasteiger partial charge in [-0.1, -0.05) is 30.3 Å². The van der Waals surface area contributed by atoms with Crippen molar-refractivity contribution in [3.63, 3.8) is 0 Å². The summed E-state index contributed by atoms with van der Waals surface area (Å²) in [5, 5.41) is 10.4. The highest BCUT2D eigenvalue weighted by molar-refractivity contribution is 5.77. The van der Waals surface area contributed by atoms with Gasteiger partial charge in [0.05, 0.1) is 5.41 Å². The highest BCUT2D eigenvalue weighted by Crippen LogP contribution is 2.40. The summed E-state index contributed by atoms with van der Waals surface area (Å²) in [4.78, 5) is 14.4. The summed E-state index contributed by atoms with van der Waals surface area (Å²) in [5.74, 6) is -0.234. The lowest BCUT2D eigenvalue weighted by Crippen LogP contribution is -2.38. The monoisotopic (exact) mass is 305 g/mol. The number of carbonyl (C=O) groups is 1. The second-order valence-electron chi connectivity index (χ2n) is 7.51. The van der Waals surface area contributed by atoms with Gasteiger partial charge < -0.3 is 9.84 Å². The smallest absolute Gasteiger partial charge is 0.313 e. The Hall–Kier alpha value is -1.39. The van der Waals surface area contributed by atoms with E-state index in [-0.39, 0.29) is 12.0 Å². The normalized spacial score (nSPS) is 27.6. The van der Waals surface area contributed by atoms with E-state index in [9.17, 15) is 9.90 Å². The van der Waals surface area contributed by atoms with Crippen LogP contribution in [0.1, 0.15) is 52.6 Å². The number of aliphatic hydroxyl groups excluding tert-OH is 1. The van der Waals surface area contributed by atoms with Crippen molar-refractivity contribution < 1.29 is 14.6 Å². The third-order valence-corrected chi connectivity index (χ3v) is 4.22. The van der Waals surface area contributed by atoms with Gasteiger partial charge in [-0.25, -0.2) is 0 Å². The fraction of sp³-hybridized carbons (Fsp3) is 0.611. The summed E-state index contributed by atoms with van der Waals surface area (Å²) < 4.78 is 5.53. The summed E-state index contributed by atoms with van der Waals surface area (Å²) in [6.07, 6.45) is -0.230. The number of carbonyl (C=O) groups excluding carboxylic acids is 1. The first-order chi connectivity index (χ1) is 10.1. The first-order valence-corrected chi connectivity index (χ1v) is 7.85. The molecule has 122 valence electrons. The molecule has 1 saturated heterocycles. The van der Waals surface area contributed by atoms with Crippen molar-refractivity contribution in [2.24, 2.45) is 5.41 Å². The first-order valence-electron chi connectivity index (χ1n) is 7.85. The van der Waals surface area contributed by atoms with E-state index in [1.54, 1.807) is 0 Å². The van der Waals surface area contributed by atoms with Crippen molar-refractivity contribution in [2.45, 2.75) is 58.9 Å². The summed E-state index contributed by atoms with van der Waals surface area (Å²) in [7, 11) is 0. The zero-order chi connectivity index (χ0) is 16.5. The van der Waals surface area contributed by atoms with E-state index in [0.29, 0.717) is 13.0 Å². The molecule has 0 saturated carbocycles. The molecular weight excluding hydrogens is 278 g/mol. The molecule has 1 aliphatic heterocycles. The number of ether oxygens (including phenoxy) is 1. The zero-order valence-corrected chi connectivity index (χ0v) is 14.2. The first kappa shape index (κ1) is 17.0. The van der Waals surface area contributed by atoms with E-state index >= 15 is 0 Å². The van der Waals surface area contributed by atoms with Crippen LogP contribution in [0.3, 0.4) is 0 Å². The minimum atomic E-state index is -0.671. The Bertz CT molecular complexity index is 523. The van der Waals surface area contributed by atoms with Gasteiger partial charge in [0.2, 0.25) is 0 Å². The van der Waals surface area contributed by atoms with Gasteiger partial charge in [0, 0.05) is 19.0 Å². The predicted octanol–water partition coefficient (Wildman–Crippen LogP) is 3.12. The molecule has 0 spiro atoms. The quantitative estimate of drug-likeness (QED) is 0.872. The second-order valence-corrected chi connectivity index (χ2v) is 7.51. The van der Waals surface area contributed by atoms with Crippen LogP contribution in [0.5, 0.6) is 0 Å². The number of nitrogens with zero attached hydrogens (tertiary/aromatic N) is 1. The van der Waals surface area contributed by atoms with Crippen LogP contribution in [0.15, 0.2) is 30.3 Å². The van der Waals surface area contributed by atoms with Gasteiger partial charge in [-0.2, -0.15) is 0 Å². The average Bonchev–Trinajstić information content (AvgIpc) is 2.74. The van der Waals surface area contributed by atoms with Crippen LogP contribution in [0.25, 0.3) is 0 Å². The van der Waals surface area contributed by atoms with Crippen LogP contribution >= 0.6 is 0 Å². The molecule has 2 rings (SSSR count). The Balaban J connectivity index is 2.13. The standard InChI is InChI=1S/C18H27NO3/c1-13(14-9-7-6-8-10-14)19-12-18(5,11-15(19)20)16(21)22-17(2,3)4/h6-10,13,15,20H,11-12H2,1-5H3/t13-,15?,18+/m1/s1. The molecule has 1 N–H and O–H groups in total. The molecule has 1 heterocycles. The molecule has 0 amide bonds. The fourth-order valence-corrected chi connectivity index (χ4v) is 2.96. The zero-order valence-electron chi connectivity index (χ0n) is 14.2. The Morgan fingerprint density at radius 3 is 2.50 bits per heavy atom. The molecule has 3 atom stereocenters. The molecule has 4 nitrogen and oxygen atoms in total.